The predicted molar refractivity (Wildman–Crippen MR) is 118 cm³/mol. The van der Waals surface area contributed by atoms with Gasteiger partial charge in [0.05, 0.1) is 24.6 Å². The van der Waals surface area contributed by atoms with Crippen LogP contribution in [0.4, 0.5) is 0 Å². The third kappa shape index (κ3) is 3.53. The summed E-state index contributed by atoms with van der Waals surface area (Å²) in [4.78, 5) is 32.3. The maximum atomic E-state index is 13.1. The van der Waals surface area contributed by atoms with E-state index < -0.39 is 0 Å². The molecule has 2 aromatic heterocycles. The number of aromatic nitrogens is 4. The molecule has 4 heterocycles. The average molecular weight is 435 g/mol. The zero-order valence-electron chi connectivity index (χ0n) is 18.2. The molecule has 32 heavy (non-hydrogen) atoms. The summed E-state index contributed by atoms with van der Waals surface area (Å²) in [5.41, 5.74) is 2.48. The highest BCUT2D eigenvalue weighted by atomic mass is 16.5. The van der Waals surface area contributed by atoms with Gasteiger partial charge in [-0.2, -0.15) is 5.10 Å². The largest absolute Gasteiger partial charge is 0.496 e. The van der Waals surface area contributed by atoms with E-state index in [0.29, 0.717) is 17.7 Å². The smallest absolute Gasteiger partial charge is 0.270 e. The lowest BCUT2D eigenvalue weighted by Gasteiger charge is -2.30. The number of hydrogen-bond acceptors (Lipinski definition) is 5. The van der Waals surface area contributed by atoms with Crippen LogP contribution in [-0.4, -0.2) is 62.3 Å². The topological polar surface area (TPSA) is 94.3 Å². The second-order valence-electron chi connectivity index (χ2n) is 8.28. The first kappa shape index (κ1) is 20.3. The van der Waals surface area contributed by atoms with Gasteiger partial charge in [-0.1, -0.05) is 12.1 Å². The van der Waals surface area contributed by atoms with Crippen molar-refractivity contribution in [2.45, 2.75) is 31.8 Å². The van der Waals surface area contributed by atoms with E-state index in [4.69, 9.17) is 9.72 Å². The molecule has 0 bridgehead atoms. The summed E-state index contributed by atoms with van der Waals surface area (Å²) < 4.78 is 9.08. The number of methoxy groups -OCH3 is 1. The molecule has 0 spiro atoms. The summed E-state index contributed by atoms with van der Waals surface area (Å²) in [6.45, 7) is 2.22. The van der Waals surface area contributed by atoms with E-state index in [1.807, 2.05) is 30.5 Å². The minimum atomic E-state index is -0.274. The Bertz CT molecular complexity index is 1180. The number of para-hydroxylation sites is 1. The Hall–Kier alpha value is -3.62. The van der Waals surface area contributed by atoms with Gasteiger partial charge in [-0.05, 0) is 25.0 Å². The Labute approximate surface area is 186 Å². The molecule has 1 aromatic carbocycles. The van der Waals surface area contributed by atoms with Crippen molar-refractivity contribution in [2.24, 2.45) is 7.05 Å². The highest BCUT2D eigenvalue weighted by molar-refractivity contribution is 6.06. The summed E-state index contributed by atoms with van der Waals surface area (Å²) in [5, 5.41) is 7.26. The predicted octanol–water partition coefficient (Wildman–Crippen LogP) is 1.88. The number of imidazole rings is 1. The molecule has 2 aliphatic rings. The van der Waals surface area contributed by atoms with E-state index in [1.54, 1.807) is 19.1 Å². The van der Waals surface area contributed by atoms with E-state index in [0.717, 1.165) is 55.3 Å². The number of nitrogens with one attached hydrogen (secondary N) is 1. The number of nitrogens with zero attached hydrogens (tertiary/aromatic N) is 5. The molecule has 1 N–H and O–H groups in total. The van der Waals surface area contributed by atoms with E-state index in [9.17, 15) is 9.59 Å². The Morgan fingerprint density at radius 2 is 2.00 bits per heavy atom. The Morgan fingerprint density at radius 3 is 2.75 bits per heavy atom. The lowest BCUT2D eigenvalue weighted by molar-refractivity contribution is 0.0646. The zero-order valence-corrected chi connectivity index (χ0v) is 18.2. The highest BCUT2D eigenvalue weighted by Crippen LogP contribution is 2.30. The van der Waals surface area contributed by atoms with Gasteiger partial charge in [0.1, 0.15) is 17.3 Å². The van der Waals surface area contributed by atoms with Gasteiger partial charge in [-0.25, -0.2) is 4.98 Å². The van der Waals surface area contributed by atoms with Gasteiger partial charge in [0.2, 0.25) is 0 Å². The van der Waals surface area contributed by atoms with E-state index >= 15 is 0 Å². The summed E-state index contributed by atoms with van der Waals surface area (Å²) in [5.74, 6) is 1.30. The van der Waals surface area contributed by atoms with Crippen LogP contribution in [0, 0.1) is 0 Å². The first-order valence-corrected chi connectivity index (χ1v) is 10.9. The van der Waals surface area contributed by atoms with Crippen molar-refractivity contribution in [3.05, 3.63) is 53.7 Å². The van der Waals surface area contributed by atoms with Crippen LogP contribution in [0.25, 0.3) is 11.3 Å². The third-order valence-corrected chi connectivity index (χ3v) is 6.25. The van der Waals surface area contributed by atoms with Crippen molar-refractivity contribution >= 4 is 11.8 Å². The molecule has 0 aliphatic carbocycles. The first-order valence-electron chi connectivity index (χ1n) is 10.9. The fourth-order valence-electron chi connectivity index (χ4n) is 4.34. The third-order valence-electron chi connectivity index (χ3n) is 6.25. The molecular weight excluding hydrogens is 408 g/mol. The maximum absolute atomic E-state index is 13.1. The lowest BCUT2D eigenvalue weighted by Crippen LogP contribution is -2.44. The molecule has 1 saturated heterocycles. The number of likely N-dealkylation sites (tertiary alicyclic amines) is 1. The lowest BCUT2D eigenvalue weighted by atomic mass is 10.1. The number of fused-ring (bicyclic) bond motifs is 1. The number of benzene rings is 1. The van der Waals surface area contributed by atoms with Crippen LogP contribution < -0.4 is 10.1 Å². The van der Waals surface area contributed by atoms with E-state index in [2.05, 4.69) is 15.0 Å². The number of aryl methyl sites for hydroxylation is 2. The van der Waals surface area contributed by atoms with Crippen molar-refractivity contribution in [3.8, 4) is 17.0 Å². The number of amides is 2. The monoisotopic (exact) mass is 434 g/mol. The van der Waals surface area contributed by atoms with Crippen LogP contribution in [0.1, 0.15) is 39.5 Å². The van der Waals surface area contributed by atoms with E-state index in [-0.39, 0.29) is 17.9 Å². The van der Waals surface area contributed by atoms with Crippen LogP contribution in [0.2, 0.25) is 0 Å². The van der Waals surface area contributed by atoms with Crippen LogP contribution in [0.15, 0.2) is 36.7 Å². The zero-order chi connectivity index (χ0) is 22.2. The fourth-order valence-corrected chi connectivity index (χ4v) is 4.34. The standard InChI is InChI=1S/C23H26N6O3/c1-27-21(17(13-24-27)23(31)28-9-5-10-28)22(30)25-15-8-11-29-14-18(26-20(29)12-15)16-6-3-4-7-19(16)32-2/h3-4,6-7,13-15H,5,8-12H2,1-2H3,(H,25,30)/t15-/m1/s1. The molecule has 2 aliphatic heterocycles. The summed E-state index contributed by atoms with van der Waals surface area (Å²) in [6, 6.07) is 7.75. The van der Waals surface area contributed by atoms with Gasteiger partial charge in [0.25, 0.3) is 11.8 Å². The molecule has 0 saturated carbocycles. The molecule has 1 atom stereocenters. The summed E-state index contributed by atoms with van der Waals surface area (Å²) in [7, 11) is 3.34. The van der Waals surface area contributed by atoms with Gasteiger partial charge in [-0.3, -0.25) is 14.3 Å². The fraction of sp³-hybridized carbons (Fsp3) is 0.391. The number of ether oxygens (including phenoxy) is 1. The van der Waals surface area contributed by atoms with Crippen LogP contribution in [0.5, 0.6) is 5.75 Å². The van der Waals surface area contributed by atoms with Gasteiger partial charge < -0.3 is 19.5 Å². The van der Waals surface area contributed by atoms with Crippen LogP contribution in [-0.2, 0) is 20.0 Å². The molecule has 9 nitrogen and oxygen atoms in total. The number of hydrogen-bond donors (Lipinski definition) is 1. The van der Waals surface area contributed by atoms with Crippen LogP contribution >= 0.6 is 0 Å². The Balaban J connectivity index is 1.32. The quantitative estimate of drug-likeness (QED) is 0.662. The molecule has 0 unspecified atom stereocenters. The first-order chi connectivity index (χ1) is 15.5. The van der Waals surface area contributed by atoms with Gasteiger partial charge in [-0.15, -0.1) is 0 Å². The minimum Gasteiger partial charge on any atom is -0.496 e. The Morgan fingerprint density at radius 1 is 1.19 bits per heavy atom. The van der Waals surface area contributed by atoms with Gasteiger partial charge in [0.15, 0.2) is 0 Å². The van der Waals surface area contributed by atoms with Gasteiger partial charge >= 0.3 is 0 Å². The SMILES string of the molecule is COc1ccccc1-c1cn2c(n1)C[C@H](NC(=O)c1c(C(=O)N3CCC3)cnn1C)CC2. The van der Waals surface area contributed by atoms with Crippen molar-refractivity contribution in [3.63, 3.8) is 0 Å². The molecule has 166 valence electrons. The molecule has 9 heteroatoms. The van der Waals surface area contributed by atoms with Crippen molar-refractivity contribution in [2.75, 3.05) is 20.2 Å². The average Bonchev–Trinajstić information content (AvgIpc) is 3.35. The minimum absolute atomic E-state index is 0.0650. The number of carbonyl (C=O) groups excluding carboxylic acids is 2. The molecular formula is C23H26N6O3. The molecule has 2 amide bonds. The van der Waals surface area contributed by atoms with Crippen molar-refractivity contribution in [1.82, 2.24) is 29.5 Å². The van der Waals surface area contributed by atoms with Crippen LogP contribution in [0.3, 0.4) is 0 Å². The second-order valence-corrected chi connectivity index (χ2v) is 8.28. The highest BCUT2D eigenvalue weighted by Gasteiger charge is 2.30. The molecule has 5 rings (SSSR count). The maximum Gasteiger partial charge on any atom is 0.270 e. The molecule has 1 fully saturated rings. The summed E-state index contributed by atoms with van der Waals surface area (Å²) in [6.07, 6.45) is 5.93. The summed E-state index contributed by atoms with van der Waals surface area (Å²) >= 11 is 0. The number of carbonyl (C=O) groups is 2. The van der Waals surface area contributed by atoms with Gasteiger partial charge in [0, 0.05) is 50.9 Å². The van der Waals surface area contributed by atoms with E-state index in [1.165, 1.54) is 10.9 Å². The molecule has 0 radical (unpaired) electrons. The van der Waals surface area contributed by atoms with Crippen molar-refractivity contribution in [1.29, 1.82) is 0 Å². The number of rotatable bonds is 5. The Kier molecular flexibility index (Phi) is 5.16. The van der Waals surface area contributed by atoms with Crippen molar-refractivity contribution < 1.29 is 14.3 Å². The normalized spacial score (nSPS) is 17.4. The second kappa shape index (κ2) is 8.14. The molecule has 3 aromatic rings.